The molecule has 0 radical (unpaired) electrons. The molecule has 1 aromatic heterocycles. The molecule has 0 saturated heterocycles. The summed E-state index contributed by atoms with van der Waals surface area (Å²) in [7, 11) is 0. The number of aryl methyl sites for hydroxylation is 1. The summed E-state index contributed by atoms with van der Waals surface area (Å²) in [4.78, 5) is 0. The highest BCUT2D eigenvalue weighted by molar-refractivity contribution is 5.32. The molecule has 0 fully saturated rings. The predicted octanol–water partition coefficient (Wildman–Crippen LogP) is 3.42. The van der Waals surface area contributed by atoms with Crippen molar-refractivity contribution in [1.29, 1.82) is 0 Å². The van der Waals surface area contributed by atoms with Crippen molar-refractivity contribution in [3.8, 4) is 5.75 Å². The summed E-state index contributed by atoms with van der Waals surface area (Å²) in [6.07, 6.45) is 0.394. The van der Waals surface area contributed by atoms with E-state index in [9.17, 15) is 0 Å². The molecule has 0 aliphatic heterocycles. The maximum absolute atomic E-state index is 8.99. The Labute approximate surface area is 135 Å². The maximum atomic E-state index is 8.99. The third-order valence-corrected chi connectivity index (χ3v) is 3.67. The van der Waals surface area contributed by atoms with Crippen LogP contribution in [0.15, 0.2) is 60.7 Å². The summed E-state index contributed by atoms with van der Waals surface area (Å²) in [5, 5.41) is 16.3. The van der Waals surface area contributed by atoms with Gasteiger partial charge in [-0.05, 0) is 42.7 Å². The zero-order valence-electron chi connectivity index (χ0n) is 13.1. The highest BCUT2D eigenvalue weighted by Gasteiger charge is 2.18. The van der Waals surface area contributed by atoms with E-state index < -0.39 is 0 Å². The Bertz CT molecular complexity index is 736. The largest absolute Gasteiger partial charge is 0.479 e. The van der Waals surface area contributed by atoms with Crippen molar-refractivity contribution in [2.24, 2.45) is 0 Å². The zero-order chi connectivity index (χ0) is 16.1. The van der Waals surface area contributed by atoms with Gasteiger partial charge >= 0.3 is 0 Å². The first kappa shape index (κ1) is 15.3. The fourth-order valence-corrected chi connectivity index (χ4v) is 2.50. The molecule has 4 nitrogen and oxygen atoms in total. The number of nitrogens with zero attached hydrogens (tertiary/aromatic N) is 1. The summed E-state index contributed by atoms with van der Waals surface area (Å²) < 4.78 is 6.19. The molecular formula is C19H20N2O2. The first-order chi connectivity index (χ1) is 11.3. The van der Waals surface area contributed by atoms with Crippen molar-refractivity contribution in [2.75, 3.05) is 6.61 Å². The van der Waals surface area contributed by atoms with Crippen LogP contribution in [0.5, 0.6) is 5.75 Å². The van der Waals surface area contributed by atoms with Crippen LogP contribution in [0.1, 0.15) is 28.6 Å². The Morgan fingerprint density at radius 2 is 1.83 bits per heavy atom. The van der Waals surface area contributed by atoms with E-state index in [0.717, 1.165) is 28.3 Å². The summed E-state index contributed by atoms with van der Waals surface area (Å²) in [5.41, 5.74) is 4.00. The molecule has 118 valence electrons. The van der Waals surface area contributed by atoms with Crippen LogP contribution in [-0.4, -0.2) is 21.9 Å². The average molecular weight is 308 g/mol. The van der Waals surface area contributed by atoms with Crippen molar-refractivity contribution in [2.45, 2.75) is 19.4 Å². The molecule has 0 aliphatic rings. The van der Waals surface area contributed by atoms with Gasteiger partial charge in [0.05, 0.1) is 0 Å². The molecule has 23 heavy (non-hydrogen) atoms. The fraction of sp³-hybridized carbons (Fsp3) is 0.211. The number of aliphatic hydroxyl groups is 1. The van der Waals surface area contributed by atoms with E-state index in [4.69, 9.17) is 9.84 Å². The number of benzene rings is 2. The van der Waals surface area contributed by atoms with Crippen LogP contribution in [0.2, 0.25) is 0 Å². The lowest BCUT2D eigenvalue weighted by Gasteiger charge is -2.18. The summed E-state index contributed by atoms with van der Waals surface area (Å²) in [6.45, 7) is 2.13. The Morgan fingerprint density at radius 3 is 2.43 bits per heavy atom. The van der Waals surface area contributed by atoms with Gasteiger partial charge in [0.1, 0.15) is 11.4 Å². The molecule has 3 rings (SSSR count). The van der Waals surface area contributed by atoms with Gasteiger partial charge in [0.2, 0.25) is 0 Å². The molecular weight excluding hydrogens is 288 g/mol. The maximum Gasteiger partial charge on any atom is 0.167 e. The van der Waals surface area contributed by atoms with Crippen LogP contribution < -0.4 is 4.74 Å². The Hall–Kier alpha value is -2.59. The van der Waals surface area contributed by atoms with E-state index in [1.54, 1.807) is 0 Å². The van der Waals surface area contributed by atoms with E-state index >= 15 is 0 Å². The minimum absolute atomic E-state index is 0.152. The van der Waals surface area contributed by atoms with Gasteiger partial charge in [-0.25, -0.2) is 0 Å². The summed E-state index contributed by atoms with van der Waals surface area (Å²) in [6, 6.07) is 19.9. The number of hydrogen-bond donors (Lipinski definition) is 2. The van der Waals surface area contributed by atoms with Gasteiger partial charge < -0.3 is 9.84 Å². The number of aliphatic hydroxyl groups excluding tert-OH is 1. The van der Waals surface area contributed by atoms with Gasteiger partial charge in [0, 0.05) is 12.3 Å². The SMILES string of the molecule is Cc1cc(C(Oc2ccc(CCO)cc2)c2ccccc2)n[nH]1. The molecule has 4 heteroatoms. The molecule has 2 aromatic carbocycles. The fourth-order valence-electron chi connectivity index (χ4n) is 2.50. The molecule has 0 spiro atoms. The third-order valence-electron chi connectivity index (χ3n) is 3.67. The molecule has 2 N–H and O–H groups in total. The van der Waals surface area contributed by atoms with Crippen LogP contribution in [0.3, 0.4) is 0 Å². The van der Waals surface area contributed by atoms with Crippen molar-refractivity contribution < 1.29 is 9.84 Å². The molecule has 0 aliphatic carbocycles. The lowest BCUT2D eigenvalue weighted by Crippen LogP contribution is -2.10. The van der Waals surface area contributed by atoms with Crippen molar-refractivity contribution in [3.63, 3.8) is 0 Å². The van der Waals surface area contributed by atoms with Crippen LogP contribution >= 0.6 is 0 Å². The normalized spacial score (nSPS) is 12.1. The van der Waals surface area contributed by atoms with E-state index in [0.29, 0.717) is 6.42 Å². The van der Waals surface area contributed by atoms with E-state index in [1.807, 2.05) is 67.6 Å². The highest BCUT2D eigenvalue weighted by Crippen LogP contribution is 2.27. The lowest BCUT2D eigenvalue weighted by atomic mass is 10.1. The molecule has 3 aromatic rings. The van der Waals surface area contributed by atoms with Gasteiger partial charge in [-0.2, -0.15) is 5.10 Å². The Kier molecular flexibility index (Phi) is 4.74. The van der Waals surface area contributed by atoms with E-state index in [1.165, 1.54) is 0 Å². The molecule has 0 saturated carbocycles. The quantitative estimate of drug-likeness (QED) is 0.733. The van der Waals surface area contributed by atoms with E-state index in [2.05, 4.69) is 10.2 Å². The Morgan fingerprint density at radius 1 is 1.09 bits per heavy atom. The number of nitrogens with one attached hydrogen (secondary N) is 1. The van der Waals surface area contributed by atoms with Crippen LogP contribution in [0.25, 0.3) is 0 Å². The van der Waals surface area contributed by atoms with Crippen LogP contribution in [-0.2, 0) is 6.42 Å². The molecule has 1 unspecified atom stereocenters. The minimum atomic E-state index is -0.259. The van der Waals surface area contributed by atoms with Crippen LogP contribution in [0.4, 0.5) is 0 Å². The van der Waals surface area contributed by atoms with Gasteiger partial charge in [-0.15, -0.1) is 0 Å². The number of aromatic nitrogens is 2. The second kappa shape index (κ2) is 7.11. The van der Waals surface area contributed by atoms with E-state index in [-0.39, 0.29) is 12.7 Å². The first-order valence-corrected chi connectivity index (χ1v) is 7.69. The molecule has 1 atom stereocenters. The monoisotopic (exact) mass is 308 g/mol. The number of ether oxygens (including phenoxy) is 1. The Balaban J connectivity index is 1.87. The van der Waals surface area contributed by atoms with Gasteiger partial charge in [-0.3, -0.25) is 5.10 Å². The lowest BCUT2D eigenvalue weighted by molar-refractivity contribution is 0.242. The smallest absolute Gasteiger partial charge is 0.167 e. The first-order valence-electron chi connectivity index (χ1n) is 7.69. The standard InChI is InChI=1S/C19H20N2O2/c1-14-13-18(21-20-14)19(16-5-3-2-4-6-16)23-17-9-7-15(8-10-17)11-12-22/h2-10,13,19,22H,11-12H2,1H3,(H,20,21). The third kappa shape index (κ3) is 3.79. The molecule has 0 amide bonds. The molecule has 1 heterocycles. The second-order valence-corrected chi connectivity index (χ2v) is 5.50. The second-order valence-electron chi connectivity index (χ2n) is 5.50. The number of hydrogen-bond acceptors (Lipinski definition) is 3. The molecule has 0 bridgehead atoms. The number of H-pyrrole nitrogens is 1. The number of aromatic amines is 1. The minimum Gasteiger partial charge on any atom is -0.479 e. The van der Waals surface area contributed by atoms with Gasteiger partial charge in [0.15, 0.2) is 6.10 Å². The average Bonchev–Trinajstić information content (AvgIpc) is 3.01. The highest BCUT2D eigenvalue weighted by atomic mass is 16.5. The van der Waals surface area contributed by atoms with Crippen molar-refractivity contribution in [3.05, 3.63) is 83.2 Å². The van der Waals surface area contributed by atoms with Crippen LogP contribution in [0, 0.1) is 6.92 Å². The summed E-state index contributed by atoms with van der Waals surface area (Å²) in [5.74, 6) is 0.779. The van der Waals surface area contributed by atoms with Crippen molar-refractivity contribution >= 4 is 0 Å². The van der Waals surface area contributed by atoms with Gasteiger partial charge in [0.25, 0.3) is 0 Å². The van der Waals surface area contributed by atoms with Gasteiger partial charge in [-0.1, -0.05) is 42.5 Å². The number of rotatable bonds is 6. The predicted molar refractivity (Wildman–Crippen MR) is 89.5 cm³/mol. The summed E-state index contributed by atoms with van der Waals surface area (Å²) >= 11 is 0. The zero-order valence-corrected chi connectivity index (χ0v) is 13.1. The van der Waals surface area contributed by atoms with Crippen molar-refractivity contribution in [1.82, 2.24) is 10.2 Å². The topological polar surface area (TPSA) is 58.1 Å².